The maximum absolute atomic E-state index is 13.0. The van der Waals surface area contributed by atoms with E-state index >= 15 is 0 Å². The van der Waals surface area contributed by atoms with Crippen LogP contribution in [0.3, 0.4) is 0 Å². The Kier molecular flexibility index (Phi) is 10.3. The second-order valence-corrected chi connectivity index (χ2v) is 12.6. The number of hydrogen-bond donors (Lipinski definition) is 2. The van der Waals surface area contributed by atoms with Gasteiger partial charge in [-0.15, -0.1) is 0 Å². The molecule has 2 aromatic carbocycles. The number of nitrogens with one attached hydrogen (secondary N) is 2. The number of carbonyl (C=O) groups is 2. The Morgan fingerprint density at radius 3 is 2.42 bits per heavy atom. The normalized spacial score (nSPS) is 15.9. The van der Waals surface area contributed by atoms with Gasteiger partial charge < -0.3 is 0 Å². The molecule has 1 atom stereocenters. The predicted molar refractivity (Wildman–Crippen MR) is 139 cm³/mol. The van der Waals surface area contributed by atoms with Crippen LogP contribution in [0.2, 0.25) is 5.21 Å². The van der Waals surface area contributed by atoms with Crippen LogP contribution < -0.4 is 15.0 Å². The van der Waals surface area contributed by atoms with E-state index in [0.717, 1.165) is 27.1 Å². The molecule has 1 fully saturated rings. The summed E-state index contributed by atoms with van der Waals surface area (Å²) in [6, 6.07) is 15.9. The topological polar surface area (TPSA) is 58.2 Å². The van der Waals surface area contributed by atoms with Crippen LogP contribution in [0.1, 0.15) is 61.8 Å². The standard InChI is InChI=1S/C27H33As2N2O2/c1-19(2)30-27(33)26(29-18-21-8-4-3-5-9-21)22-15-12-20(13-16-22)14-17-25(32)31-24-11-7-6-10-23(24)28/h6-7,10-17,19,21,26H,3-5,8-9,18H2,1-2H3,(H,30,33)(H,31,32)/b17-14+. The number of anilines is 1. The third-order valence-electron chi connectivity index (χ3n) is 5.79. The van der Waals surface area contributed by atoms with E-state index in [1.807, 2.05) is 56.3 Å². The molecule has 4 nitrogen and oxygen atoms in total. The summed E-state index contributed by atoms with van der Waals surface area (Å²) in [6.07, 6.45) is 10.0. The molecule has 2 amide bonds. The number of benzene rings is 2. The maximum atomic E-state index is 13.0. The van der Waals surface area contributed by atoms with Crippen molar-refractivity contribution < 1.29 is 9.59 Å². The molecule has 3 radical (unpaired) electrons. The molecule has 2 aromatic rings. The van der Waals surface area contributed by atoms with E-state index in [0.29, 0.717) is 0 Å². The molecule has 0 bridgehead atoms. The predicted octanol–water partition coefficient (Wildman–Crippen LogP) is 4.40. The first-order valence-electron chi connectivity index (χ1n) is 11.8. The van der Waals surface area contributed by atoms with Gasteiger partial charge in [-0.3, -0.25) is 0 Å². The second kappa shape index (κ2) is 13.2. The molecule has 0 spiro atoms. The first-order valence-corrected chi connectivity index (χ1v) is 15.1. The van der Waals surface area contributed by atoms with Crippen molar-refractivity contribution in [2.75, 3.05) is 5.32 Å². The summed E-state index contributed by atoms with van der Waals surface area (Å²) in [5.74, 6) is 0.783. The summed E-state index contributed by atoms with van der Waals surface area (Å²) in [5, 5.41) is 7.23. The second-order valence-electron chi connectivity index (χ2n) is 8.94. The first-order chi connectivity index (χ1) is 15.9. The number of hydrogen-bond acceptors (Lipinski definition) is 2. The van der Waals surface area contributed by atoms with Crippen molar-refractivity contribution in [3.05, 3.63) is 65.7 Å². The van der Waals surface area contributed by atoms with Crippen molar-refractivity contribution in [1.29, 1.82) is 0 Å². The molecule has 1 unspecified atom stereocenters. The van der Waals surface area contributed by atoms with E-state index in [1.54, 1.807) is 6.08 Å². The molecule has 0 aromatic heterocycles. The van der Waals surface area contributed by atoms with Crippen LogP contribution in [0.15, 0.2) is 54.6 Å². The number of amides is 2. The summed E-state index contributed by atoms with van der Waals surface area (Å²) in [7, 11) is 0. The Labute approximate surface area is 213 Å². The molecule has 1 aliphatic carbocycles. The molecule has 1 aliphatic rings. The minimum absolute atomic E-state index is 0.0360. The van der Waals surface area contributed by atoms with Gasteiger partial charge in [-0.05, 0) is 0 Å². The minimum atomic E-state index is -0.163. The van der Waals surface area contributed by atoms with Crippen LogP contribution in [0.5, 0.6) is 0 Å². The van der Waals surface area contributed by atoms with Gasteiger partial charge >= 0.3 is 214 Å². The van der Waals surface area contributed by atoms with E-state index < -0.39 is 0 Å². The monoisotopic (exact) mass is 567 g/mol. The van der Waals surface area contributed by atoms with Crippen LogP contribution in [-0.2, 0) is 9.59 Å². The number of para-hydroxylation sites is 1. The van der Waals surface area contributed by atoms with Gasteiger partial charge in [0.25, 0.3) is 0 Å². The van der Waals surface area contributed by atoms with E-state index in [9.17, 15) is 9.59 Å². The van der Waals surface area contributed by atoms with Crippen molar-refractivity contribution in [3.8, 4) is 0 Å². The quantitative estimate of drug-likeness (QED) is 0.349. The third-order valence-corrected chi connectivity index (χ3v) is 10.0. The Morgan fingerprint density at radius 1 is 1.06 bits per heavy atom. The molecule has 0 heterocycles. The van der Waals surface area contributed by atoms with Gasteiger partial charge in [-0.2, -0.15) is 0 Å². The molecule has 0 aliphatic heterocycles. The summed E-state index contributed by atoms with van der Waals surface area (Å²) in [4.78, 5) is 25.3. The zero-order valence-electron chi connectivity index (χ0n) is 19.5. The number of carbonyl (C=O) groups excluding carboxylic acids is 2. The van der Waals surface area contributed by atoms with Crippen molar-refractivity contribution in [2.24, 2.45) is 5.92 Å². The molecular weight excluding hydrogens is 534 g/mol. The van der Waals surface area contributed by atoms with Crippen LogP contribution in [0.4, 0.5) is 5.69 Å². The molecular formula is C27H33As2N2O2. The Hall–Kier alpha value is -1.76. The van der Waals surface area contributed by atoms with Gasteiger partial charge in [0.05, 0.1) is 0 Å². The number of rotatable bonds is 9. The van der Waals surface area contributed by atoms with Gasteiger partial charge in [-0.1, -0.05) is 0 Å². The van der Waals surface area contributed by atoms with Gasteiger partial charge in [0.15, 0.2) is 0 Å². The molecule has 33 heavy (non-hydrogen) atoms. The fraction of sp³-hybridized carbons (Fsp3) is 0.407. The Morgan fingerprint density at radius 2 is 1.76 bits per heavy atom. The molecule has 6 heteroatoms. The average molecular weight is 567 g/mol. The van der Waals surface area contributed by atoms with Crippen LogP contribution >= 0.6 is 0 Å². The zero-order valence-corrected chi connectivity index (χ0v) is 23.2. The summed E-state index contributed by atoms with van der Waals surface area (Å²) < 4.78 is 0.934. The first kappa shape index (κ1) is 25.9. The van der Waals surface area contributed by atoms with Crippen molar-refractivity contribution in [2.45, 2.75) is 61.9 Å². The van der Waals surface area contributed by atoms with Crippen molar-refractivity contribution in [1.82, 2.24) is 5.32 Å². The van der Waals surface area contributed by atoms with Gasteiger partial charge in [0, 0.05) is 0 Å². The van der Waals surface area contributed by atoms with E-state index in [-0.39, 0.29) is 38.3 Å². The van der Waals surface area contributed by atoms with E-state index in [2.05, 4.69) is 39.6 Å². The molecule has 0 saturated heterocycles. The fourth-order valence-corrected chi connectivity index (χ4v) is 7.64. The van der Waals surface area contributed by atoms with Crippen LogP contribution in [-0.4, -0.2) is 50.5 Å². The Bertz CT molecular complexity index is 951. The zero-order chi connectivity index (χ0) is 23.6. The molecule has 173 valence electrons. The SMILES string of the molecule is CC(C)NC(=O)C([As]CC1CCCCC1)c1ccc(/C=C/C(=O)Nc2ccccc2[As])cc1. The van der Waals surface area contributed by atoms with E-state index in [4.69, 9.17) is 0 Å². The van der Waals surface area contributed by atoms with Gasteiger partial charge in [0.1, 0.15) is 0 Å². The molecule has 2 N–H and O–H groups in total. The van der Waals surface area contributed by atoms with Crippen molar-refractivity contribution in [3.63, 3.8) is 0 Å². The Balaban J connectivity index is 1.64. The summed E-state index contributed by atoms with van der Waals surface area (Å²) >= 11 is 2.36. The summed E-state index contributed by atoms with van der Waals surface area (Å²) in [6.45, 7) is 4.03. The molecule has 3 rings (SSSR count). The van der Waals surface area contributed by atoms with Gasteiger partial charge in [0.2, 0.25) is 0 Å². The molecule has 1 saturated carbocycles. The fourth-order valence-electron chi connectivity index (χ4n) is 4.04. The van der Waals surface area contributed by atoms with Crippen LogP contribution in [0.25, 0.3) is 6.08 Å². The van der Waals surface area contributed by atoms with E-state index in [1.165, 1.54) is 37.3 Å². The van der Waals surface area contributed by atoms with Crippen molar-refractivity contribution >= 4 is 60.5 Å². The average Bonchev–Trinajstić information content (AvgIpc) is 2.80. The summed E-state index contributed by atoms with van der Waals surface area (Å²) in [5.41, 5.74) is 2.83. The van der Waals surface area contributed by atoms with Gasteiger partial charge in [-0.25, -0.2) is 0 Å². The third kappa shape index (κ3) is 8.51. The van der Waals surface area contributed by atoms with Crippen LogP contribution in [0, 0.1) is 5.92 Å².